The summed E-state index contributed by atoms with van der Waals surface area (Å²) in [4.78, 5) is 0. The van der Waals surface area contributed by atoms with Crippen LogP contribution in [-0.2, 0) is 10.2 Å². The Hall–Kier alpha value is 0.160. The van der Waals surface area contributed by atoms with Crippen molar-refractivity contribution in [1.29, 1.82) is 0 Å². The quantitative estimate of drug-likeness (QED) is 0.671. The lowest BCUT2D eigenvalue weighted by Gasteiger charge is -2.29. The van der Waals surface area contributed by atoms with E-state index in [-0.39, 0.29) is 6.04 Å². The van der Waals surface area contributed by atoms with Crippen LogP contribution in [0.15, 0.2) is 0 Å². The number of rotatable bonds is 7. The number of hydrogen-bond acceptors (Lipinski definition) is 2. The third-order valence-electron chi connectivity index (χ3n) is 3.32. The first kappa shape index (κ1) is 15.2. The maximum absolute atomic E-state index is 12.4. The van der Waals surface area contributed by atoms with Gasteiger partial charge in [0.1, 0.15) is 0 Å². The standard InChI is InChI=1S/C11H23ClN2O2S/c1-3-13(4-2)17(15,16)14-10-6-8-11(14)7-5-9-12/h11H,3-10H2,1-2H3. The minimum absolute atomic E-state index is 0.152. The van der Waals surface area contributed by atoms with Crippen molar-refractivity contribution in [3.8, 4) is 0 Å². The smallest absolute Gasteiger partial charge is 0.195 e. The molecule has 0 aromatic rings. The van der Waals surface area contributed by atoms with Gasteiger partial charge in [-0.2, -0.15) is 17.0 Å². The highest BCUT2D eigenvalue weighted by Gasteiger charge is 2.36. The molecule has 4 nitrogen and oxygen atoms in total. The summed E-state index contributed by atoms with van der Waals surface area (Å²) in [6.45, 7) is 5.50. The molecular formula is C11H23ClN2O2S. The molecule has 1 aliphatic heterocycles. The van der Waals surface area contributed by atoms with E-state index in [9.17, 15) is 8.42 Å². The number of alkyl halides is 1. The topological polar surface area (TPSA) is 40.6 Å². The Bertz CT molecular complexity index is 317. The summed E-state index contributed by atoms with van der Waals surface area (Å²) in [5.74, 6) is 0.607. The van der Waals surface area contributed by atoms with Crippen LogP contribution >= 0.6 is 11.6 Å². The normalized spacial score (nSPS) is 22.5. The van der Waals surface area contributed by atoms with Gasteiger partial charge in [-0.25, -0.2) is 0 Å². The Morgan fingerprint density at radius 1 is 1.35 bits per heavy atom. The number of halogens is 1. The Labute approximate surface area is 110 Å². The molecule has 17 heavy (non-hydrogen) atoms. The van der Waals surface area contributed by atoms with Crippen LogP contribution < -0.4 is 0 Å². The highest BCUT2D eigenvalue weighted by Crippen LogP contribution is 2.26. The van der Waals surface area contributed by atoms with Gasteiger partial charge in [0, 0.05) is 31.6 Å². The van der Waals surface area contributed by atoms with E-state index in [0.717, 1.165) is 25.7 Å². The van der Waals surface area contributed by atoms with Gasteiger partial charge < -0.3 is 0 Å². The zero-order valence-electron chi connectivity index (χ0n) is 10.7. The first-order valence-corrected chi connectivity index (χ1v) is 8.33. The third kappa shape index (κ3) is 3.56. The average Bonchev–Trinajstić information content (AvgIpc) is 2.76. The zero-order chi connectivity index (χ0) is 12.9. The second kappa shape index (κ2) is 6.92. The average molecular weight is 283 g/mol. The maximum atomic E-state index is 12.4. The Morgan fingerprint density at radius 3 is 2.53 bits per heavy atom. The Balaban J connectivity index is 2.75. The summed E-state index contributed by atoms with van der Waals surface area (Å²) in [6, 6.07) is 0.152. The highest BCUT2D eigenvalue weighted by molar-refractivity contribution is 7.86. The number of nitrogens with zero attached hydrogens (tertiary/aromatic N) is 2. The Morgan fingerprint density at radius 2 is 2.00 bits per heavy atom. The molecule has 6 heteroatoms. The monoisotopic (exact) mass is 282 g/mol. The van der Waals surface area contributed by atoms with E-state index in [1.165, 1.54) is 4.31 Å². The van der Waals surface area contributed by atoms with E-state index in [2.05, 4.69) is 0 Å². The summed E-state index contributed by atoms with van der Waals surface area (Å²) < 4.78 is 28.0. The second-order valence-electron chi connectivity index (χ2n) is 4.33. The molecule has 1 heterocycles. The first-order valence-electron chi connectivity index (χ1n) is 6.40. The van der Waals surface area contributed by atoms with Crippen LogP contribution in [0.25, 0.3) is 0 Å². The maximum Gasteiger partial charge on any atom is 0.282 e. The van der Waals surface area contributed by atoms with Gasteiger partial charge >= 0.3 is 0 Å². The molecule has 0 aromatic carbocycles. The molecule has 0 saturated carbocycles. The van der Waals surface area contributed by atoms with Crippen molar-refractivity contribution in [3.63, 3.8) is 0 Å². The molecular weight excluding hydrogens is 260 g/mol. The van der Waals surface area contributed by atoms with Gasteiger partial charge in [-0.15, -0.1) is 11.6 Å². The summed E-state index contributed by atoms with van der Waals surface area (Å²) in [6.07, 6.45) is 3.70. The van der Waals surface area contributed by atoms with Gasteiger partial charge in [0.2, 0.25) is 0 Å². The molecule has 0 spiro atoms. The summed E-state index contributed by atoms with van der Waals surface area (Å²) >= 11 is 5.68. The van der Waals surface area contributed by atoms with Crippen LogP contribution in [0.3, 0.4) is 0 Å². The van der Waals surface area contributed by atoms with Gasteiger partial charge in [-0.05, 0) is 25.7 Å². The van der Waals surface area contributed by atoms with Crippen molar-refractivity contribution in [1.82, 2.24) is 8.61 Å². The lowest BCUT2D eigenvalue weighted by Crippen LogP contribution is -2.45. The number of hydrogen-bond donors (Lipinski definition) is 0. The summed E-state index contributed by atoms with van der Waals surface area (Å²) in [7, 11) is -3.26. The second-order valence-corrected chi connectivity index (χ2v) is 6.59. The molecule has 1 atom stereocenters. The largest absolute Gasteiger partial charge is 0.282 e. The SMILES string of the molecule is CCN(CC)S(=O)(=O)N1CCCC1CCCCl. The van der Waals surface area contributed by atoms with Crippen LogP contribution in [0.4, 0.5) is 0 Å². The highest BCUT2D eigenvalue weighted by atomic mass is 35.5. The van der Waals surface area contributed by atoms with Crippen molar-refractivity contribution < 1.29 is 8.42 Å². The predicted molar refractivity (Wildman–Crippen MR) is 71.5 cm³/mol. The van der Waals surface area contributed by atoms with E-state index in [0.29, 0.717) is 25.5 Å². The molecule has 102 valence electrons. The molecule has 0 amide bonds. The van der Waals surface area contributed by atoms with Crippen LogP contribution in [0.5, 0.6) is 0 Å². The molecule has 0 bridgehead atoms. The minimum atomic E-state index is -3.26. The molecule has 1 fully saturated rings. The van der Waals surface area contributed by atoms with Gasteiger partial charge in [-0.1, -0.05) is 13.8 Å². The summed E-state index contributed by atoms with van der Waals surface area (Å²) in [5, 5.41) is 0. The molecule has 1 rings (SSSR count). The molecule has 0 N–H and O–H groups in total. The van der Waals surface area contributed by atoms with E-state index in [4.69, 9.17) is 11.6 Å². The third-order valence-corrected chi connectivity index (χ3v) is 5.83. The lowest BCUT2D eigenvalue weighted by atomic mass is 10.1. The van der Waals surface area contributed by atoms with Gasteiger partial charge in [0.25, 0.3) is 10.2 Å². The fourth-order valence-corrected chi connectivity index (χ4v) is 4.46. The van der Waals surface area contributed by atoms with Crippen LogP contribution in [-0.4, -0.2) is 48.6 Å². The lowest BCUT2D eigenvalue weighted by molar-refractivity contribution is 0.323. The van der Waals surface area contributed by atoms with Crippen molar-refractivity contribution in [3.05, 3.63) is 0 Å². The van der Waals surface area contributed by atoms with Crippen LogP contribution in [0.2, 0.25) is 0 Å². The van der Waals surface area contributed by atoms with E-state index < -0.39 is 10.2 Å². The van der Waals surface area contributed by atoms with Crippen LogP contribution in [0, 0.1) is 0 Å². The molecule has 1 aliphatic rings. The summed E-state index contributed by atoms with van der Waals surface area (Å²) in [5.41, 5.74) is 0. The van der Waals surface area contributed by atoms with Crippen molar-refractivity contribution in [2.45, 2.75) is 45.6 Å². The van der Waals surface area contributed by atoms with E-state index in [1.807, 2.05) is 13.8 Å². The van der Waals surface area contributed by atoms with Crippen LogP contribution in [0.1, 0.15) is 39.5 Å². The van der Waals surface area contributed by atoms with Crippen molar-refractivity contribution >= 4 is 21.8 Å². The van der Waals surface area contributed by atoms with Crippen molar-refractivity contribution in [2.24, 2.45) is 0 Å². The van der Waals surface area contributed by atoms with Gasteiger partial charge in [0.15, 0.2) is 0 Å². The Kier molecular flexibility index (Phi) is 6.20. The molecule has 0 aromatic heterocycles. The molecule has 1 unspecified atom stereocenters. The van der Waals surface area contributed by atoms with Crippen molar-refractivity contribution in [2.75, 3.05) is 25.5 Å². The van der Waals surface area contributed by atoms with Gasteiger partial charge in [0.05, 0.1) is 0 Å². The first-order chi connectivity index (χ1) is 8.07. The predicted octanol–water partition coefficient (Wildman–Crippen LogP) is 2.06. The van der Waals surface area contributed by atoms with Gasteiger partial charge in [-0.3, -0.25) is 0 Å². The zero-order valence-corrected chi connectivity index (χ0v) is 12.3. The fraction of sp³-hybridized carbons (Fsp3) is 1.00. The molecule has 1 saturated heterocycles. The van der Waals surface area contributed by atoms with E-state index >= 15 is 0 Å². The molecule has 0 aliphatic carbocycles. The molecule has 0 radical (unpaired) electrons. The van der Waals surface area contributed by atoms with E-state index in [1.54, 1.807) is 4.31 Å². The minimum Gasteiger partial charge on any atom is -0.195 e. The fourth-order valence-electron chi connectivity index (χ4n) is 2.41.